The average Bonchev–Trinajstić information content (AvgIpc) is 2.29. The van der Waals surface area contributed by atoms with Crippen LogP contribution >= 0.6 is 15.9 Å². The Balaban J connectivity index is 2.65. The summed E-state index contributed by atoms with van der Waals surface area (Å²) in [6, 6.07) is 7.66. The molecule has 82 valence electrons. The van der Waals surface area contributed by atoms with E-state index in [1.54, 1.807) is 7.11 Å². The van der Waals surface area contributed by atoms with E-state index < -0.39 is 0 Å². The summed E-state index contributed by atoms with van der Waals surface area (Å²) >= 11 is 3.11. The van der Waals surface area contributed by atoms with Crippen molar-refractivity contribution in [3.8, 4) is 5.75 Å². The highest BCUT2D eigenvalue weighted by molar-refractivity contribution is 9.09. The zero-order valence-corrected chi connectivity index (χ0v) is 10.4. The van der Waals surface area contributed by atoms with Crippen LogP contribution in [0.2, 0.25) is 0 Å². The summed E-state index contributed by atoms with van der Waals surface area (Å²) in [5.74, 6) is 0.802. The average molecular weight is 272 g/mol. The van der Waals surface area contributed by atoms with Gasteiger partial charge in [0.1, 0.15) is 5.75 Å². The summed E-state index contributed by atoms with van der Waals surface area (Å²) in [5, 5.41) is 3.18. The standard InChI is InChI=1S/C11H14BrNO2/c1-8(13-11(14)7-12)9-3-5-10(15-2)6-4-9/h3-6,8H,7H2,1-2H3,(H,13,14)/t8-/m1/s1. The first-order chi connectivity index (χ1) is 7.17. The Labute approximate surface area is 97.9 Å². The minimum atomic E-state index is -0.0154. The third-order valence-corrected chi connectivity index (χ3v) is 2.62. The number of hydrogen-bond acceptors (Lipinski definition) is 2. The molecular formula is C11H14BrNO2. The van der Waals surface area contributed by atoms with Crippen molar-refractivity contribution in [2.24, 2.45) is 0 Å². The van der Waals surface area contributed by atoms with Crippen molar-refractivity contribution in [3.05, 3.63) is 29.8 Å². The number of amides is 1. The zero-order valence-electron chi connectivity index (χ0n) is 8.79. The first-order valence-corrected chi connectivity index (χ1v) is 5.78. The molecule has 0 saturated carbocycles. The molecule has 1 atom stereocenters. The van der Waals surface area contributed by atoms with Crippen LogP contribution in [-0.2, 0) is 4.79 Å². The fourth-order valence-electron chi connectivity index (χ4n) is 1.26. The van der Waals surface area contributed by atoms with E-state index in [9.17, 15) is 4.79 Å². The second-order valence-electron chi connectivity index (χ2n) is 3.20. The maximum Gasteiger partial charge on any atom is 0.231 e. The molecule has 0 bridgehead atoms. The van der Waals surface area contributed by atoms with E-state index in [0.29, 0.717) is 5.33 Å². The summed E-state index contributed by atoms with van der Waals surface area (Å²) in [7, 11) is 1.63. The predicted molar refractivity (Wildman–Crippen MR) is 63.3 cm³/mol. The number of benzene rings is 1. The topological polar surface area (TPSA) is 38.3 Å². The molecule has 0 aromatic heterocycles. The first-order valence-electron chi connectivity index (χ1n) is 4.66. The van der Waals surface area contributed by atoms with Gasteiger partial charge >= 0.3 is 0 Å². The molecule has 0 saturated heterocycles. The highest BCUT2D eigenvalue weighted by Crippen LogP contribution is 2.17. The van der Waals surface area contributed by atoms with E-state index in [4.69, 9.17) is 4.74 Å². The Hall–Kier alpha value is -1.03. The van der Waals surface area contributed by atoms with Gasteiger partial charge < -0.3 is 10.1 Å². The van der Waals surface area contributed by atoms with Crippen LogP contribution in [-0.4, -0.2) is 18.3 Å². The lowest BCUT2D eigenvalue weighted by Crippen LogP contribution is -2.27. The number of ether oxygens (including phenoxy) is 1. The molecule has 0 aliphatic carbocycles. The molecule has 1 aromatic rings. The van der Waals surface area contributed by atoms with Crippen LogP contribution in [0.3, 0.4) is 0 Å². The van der Waals surface area contributed by atoms with Crippen LogP contribution in [0, 0.1) is 0 Å². The van der Waals surface area contributed by atoms with Crippen LogP contribution in [0.5, 0.6) is 5.75 Å². The minimum absolute atomic E-state index is 0.0148. The van der Waals surface area contributed by atoms with Gasteiger partial charge in [0, 0.05) is 0 Å². The van der Waals surface area contributed by atoms with Gasteiger partial charge in [0.25, 0.3) is 0 Å². The van der Waals surface area contributed by atoms with Gasteiger partial charge in [0.05, 0.1) is 18.5 Å². The molecule has 1 aromatic carbocycles. The molecule has 1 rings (SSSR count). The second-order valence-corrected chi connectivity index (χ2v) is 3.76. The van der Waals surface area contributed by atoms with Crippen molar-refractivity contribution in [1.82, 2.24) is 5.32 Å². The Morgan fingerprint density at radius 1 is 1.47 bits per heavy atom. The maximum atomic E-state index is 11.1. The van der Waals surface area contributed by atoms with E-state index in [1.165, 1.54) is 0 Å². The minimum Gasteiger partial charge on any atom is -0.497 e. The van der Waals surface area contributed by atoms with Crippen LogP contribution < -0.4 is 10.1 Å². The number of hydrogen-bond donors (Lipinski definition) is 1. The molecular weight excluding hydrogens is 258 g/mol. The lowest BCUT2D eigenvalue weighted by atomic mass is 10.1. The Bertz CT molecular complexity index is 324. The Morgan fingerprint density at radius 3 is 2.53 bits per heavy atom. The zero-order chi connectivity index (χ0) is 11.3. The Morgan fingerprint density at radius 2 is 2.07 bits per heavy atom. The Kier molecular flexibility index (Phi) is 4.62. The molecule has 1 N–H and O–H groups in total. The lowest BCUT2D eigenvalue weighted by Gasteiger charge is -2.13. The number of carbonyl (C=O) groups excluding carboxylic acids is 1. The van der Waals surface area contributed by atoms with Crippen LogP contribution in [0.1, 0.15) is 18.5 Å². The van der Waals surface area contributed by atoms with Gasteiger partial charge in [-0.05, 0) is 24.6 Å². The number of rotatable bonds is 4. The van der Waals surface area contributed by atoms with E-state index in [0.717, 1.165) is 11.3 Å². The third-order valence-electron chi connectivity index (χ3n) is 2.11. The molecule has 0 spiro atoms. The van der Waals surface area contributed by atoms with Gasteiger partial charge in [-0.2, -0.15) is 0 Å². The summed E-state index contributed by atoms with van der Waals surface area (Å²) in [6.45, 7) is 1.95. The van der Waals surface area contributed by atoms with Crippen LogP contribution in [0.15, 0.2) is 24.3 Å². The molecule has 0 unspecified atom stereocenters. The second kappa shape index (κ2) is 5.75. The lowest BCUT2D eigenvalue weighted by molar-refractivity contribution is -0.119. The van der Waals surface area contributed by atoms with Gasteiger partial charge in [-0.15, -0.1) is 0 Å². The SMILES string of the molecule is COc1ccc([C@@H](C)NC(=O)CBr)cc1. The van der Waals surface area contributed by atoms with Crippen molar-refractivity contribution >= 4 is 21.8 Å². The molecule has 4 heteroatoms. The first kappa shape index (κ1) is 12.0. The van der Waals surface area contributed by atoms with Crippen LogP contribution in [0.4, 0.5) is 0 Å². The summed E-state index contributed by atoms with van der Waals surface area (Å²) in [5.41, 5.74) is 1.06. The molecule has 3 nitrogen and oxygen atoms in total. The summed E-state index contributed by atoms with van der Waals surface area (Å²) in [6.07, 6.45) is 0. The molecule has 0 radical (unpaired) electrons. The summed E-state index contributed by atoms with van der Waals surface area (Å²) < 4.78 is 5.06. The van der Waals surface area contributed by atoms with Crippen molar-refractivity contribution in [1.29, 1.82) is 0 Å². The van der Waals surface area contributed by atoms with Gasteiger partial charge in [0.15, 0.2) is 0 Å². The van der Waals surface area contributed by atoms with E-state index >= 15 is 0 Å². The van der Waals surface area contributed by atoms with E-state index in [-0.39, 0.29) is 11.9 Å². The highest BCUT2D eigenvalue weighted by atomic mass is 79.9. The van der Waals surface area contributed by atoms with E-state index in [2.05, 4.69) is 21.2 Å². The predicted octanol–water partition coefficient (Wildman–Crippen LogP) is 2.27. The van der Waals surface area contributed by atoms with Gasteiger partial charge in [-0.3, -0.25) is 4.79 Å². The molecule has 0 aliphatic rings. The fourth-order valence-corrected chi connectivity index (χ4v) is 1.42. The molecule has 0 fully saturated rings. The molecule has 0 heterocycles. The largest absolute Gasteiger partial charge is 0.497 e. The van der Waals surface area contributed by atoms with Crippen molar-refractivity contribution in [2.75, 3.05) is 12.4 Å². The molecule has 1 amide bonds. The van der Waals surface area contributed by atoms with Crippen molar-refractivity contribution in [3.63, 3.8) is 0 Å². The number of nitrogens with one attached hydrogen (secondary N) is 1. The van der Waals surface area contributed by atoms with Crippen molar-refractivity contribution < 1.29 is 9.53 Å². The number of methoxy groups -OCH3 is 1. The number of carbonyl (C=O) groups is 1. The molecule has 15 heavy (non-hydrogen) atoms. The van der Waals surface area contributed by atoms with Gasteiger partial charge in [0.2, 0.25) is 5.91 Å². The van der Waals surface area contributed by atoms with Crippen LogP contribution in [0.25, 0.3) is 0 Å². The quantitative estimate of drug-likeness (QED) is 0.854. The fraction of sp³-hybridized carbons (Fsp3) is 0.364. The van der Waals surface area contributed by atoms with Gasteiger partial charge in [-0.1, -0.05) is 28.1 Å². The third kappa shape index (κ3) is 3.55. The smallest absolute Gasteiger partial charge is 0.231 e. The number of alkyl halides is 1. The summed E-state index contributed by atoms with van der Waals surface area (Å²) in [4.78, 5) is 11.1. The monoisotopic (exact) mass is 271 g/mol. The molecule has 0 aliphatic heterocycles. The van der Waals surface area contributed by atoms with Gasteiger partial charge in [-0.25, -0.2) is 0 Å². The van der Waals surface area contributed by atoms with E-state index in [1.807, 2.05) is 31.2 Å². The maximum absolute atomic E-state index is 11.1. The normalized spacial score (nSPS) is 11.9. The number of halogens is 1. The highest BCUT2D eigenvalue weighted by Gasteiger charge is 2.07. The van der Waals surface area contributed by atoms with Crippen molar-refractivity contribution in [2.45, 2.75) is 13.0 Å².